The molecule has 0 aromatic rings. The molecular weight excluding hydrogens is 408 g/mol. The molecule has 0 saturated carbocycles. The van der Waals surface area contributed by atoms with Gasteiger partial charge in [0, 0.05) is 25.3 Å². The lowest BCUT2D eigenvalue weighted by Gasteiger charge is -2.30. The molecule has 4 unspecified atom stereocenters. The van der Waals surface area contributed by atoms with Crippen molar-refractivity contribution in [2.24, 2.45) is 5.92 Å². The van der Waals surface area contributed by atoms with Crippen molar-refractivity contribution in [3.8, 4) is 0 Å². The number of carbonyl (C=O) groups is 3. The third-order valence-electron chi connectivity index (χ3n) is 6.82. The van der Waals surface area contributed by atoms with Crippen LogP contribution in [0.2, 0.25) is 0 Å². The Morgan fingerprint density at radius 1 is 1.29 bits per heavy atom. The molecule has 0 aromatic heterocycles. The number of aliphatic hydroxyl groups excluding tert-OH is 1. The Hall–Kier alpha value is -2.23. The largest absolute Gasteiger partial charge is 0.459 e. The maximum Gasteiger partial charge on any atom is 0.341 e. The highest BCUT2D eigenvalue weighted by Crippen LogP contribution is 2.49. The maximum atomic E-state index is 12.8. The van der Waals surface area contributed by atoms with Crippen molar-refractivity contribution in [2.45, 2.75) is 82.3 Å². The van der Waals surface area contributed by atoms with Gasteiger partial charge in [-0.25, -0.2) is 9.59 Å². The summed E-state index contributed by atoms with van der Waals surface area (Å²) >= 11 is 0. The predicted molar refractivity (Wildman–Crippen MR) is 105 cm³/mol. The van der Waals surface area contributed by atoms with Crippen LogP contribution in [-0.4, -0.2) is 71.3 Å². The van der Waals surface area contributed by atoms with Crippen LogP contribution in [0.5, 0.6) is 0 Å². The number of aliphatic hydroxyl groups is 1. The van der Waals surface area contributed by atoms with Gasteiger partial charge in [0.05, 0.1) is 30.3 Å². The molecule has 170 valence electrons. The normalized spacial score (nSPS) is 45.4. The molecule has 0 spiro atoms. The molecule has 0 aromatic carbocycles. The Bertz CT molecular complexity index is 863. The number of esters is 3. The van der Waals surface area contributed by atoms with Crippen molar-refractivity contribution < 1.29 is 43.2 Å². The fraction of sp³-hybridized carbons (Fsp3) is 0.682. The number of ether oxygens (including phenoxy) is 5. The molecule has 9 heteroatoms. The molecule has 1 aliphatic carbocycles. The SMILES string of the molecule is C=C1C(=O)O[C@@H]2/C=C(/CO)C(OC(C)=O)C[C@H]3O[C@]3(C)CC(OC(=O)C3(C)OC3C)[C@@H]12. The van der Waals surface area contributed by atoms with Crippen molar-refractivity contribution in [1.29, 1.82) is 0 Å². The van der Waals surface area contributed by atoms with Crippen molar-refractivity contribution in [2.75, 3.05) is 6.61 Å². The van der Waals surface area contributed by atoms with Crippen LogP contribution in [0.4, 0.5) is 0 Å². The van der Waals surface area contributed by atoms with Gasteiger partial charge >= 0.3 is 17.9 Å². The van der Waals surface area contributed by atoms with Crippen molar-refractivity contribution in [3.63, 3.8) is 0 Å². The second kappa shape index (κ2) is 7.43. The fourth-order valence-electron chi connectivity index (χ4n) is 4.53. The minimum atomic E-state index is -1.02. The summed E-state index contributed by atoms with van der Waals surface area (Å²) in [7, 11) is 0. The average Bonchev–Trinajstić information content (AvgIpc) is 3.48. The van der Waals surface area contributed by atoms with Crippen molar-refractivity contribution >= 4 is 17.9 Å². The van der Waals surface area contributed by atoms with E-state index >= 15 is 0 Å². The molecule has 9 nitrogen and oxygen atoms in total. The van der Waals surface area contributed by atoms with E-state index < -0.39 is 59.9 Å². The van der Waals surface area contributed by atoms with Gasteiger partial charge in [0.15, 0.2) is 5.60 Å². The number of hydrogen-bond donors (Lipinski definition) is 1. The summed E-state index contributed by atoms with van der Waals surface area (Å²) in [6, 6.07) is 0. The second-order valence-corrected chi connectivity index (χ2v) is 9.09. The highest BCUT2D eigenvalue weighted by molar-refractivity contribution is 5.91. The Labute approximate surface area is 180 Å². The summed E-state index contributed by atoms with van der Waals surface area (Å²) in [4.78, 5) is 36.8. The summed E-state index contributed by atoms with van der Waals surface area (Å²) in [6.45, 7) is 10.1. The van der Waals surface area contributed by atoms with Crippen LogP contribution in [0.15, 0.2) is 23.8 Å². The highest BCUT2D eigenvalue weighted by atomic mass is 16.7. The Morgan fingerprint density at radius 2 is 1.97 bits per heavy atom. The Morgan fingerprint density at radius 3 is 2.55 bits per heavy atom. The molecule has 3 aliphatic heterocycles. The first-order valence-corrected chi connectivity index (χ1v) is 10.4. The quantitative estimate of drug-likeness (QED) is 0.226. The van der Waals surface area contributed by atoms with Gasteiger partial charge in [0.1, 0.15) is 18.3 Å². The number of hydrogen-bond acceptors (Lipinski definition) is 9. The number of fused-ring (bicyclic) bond motifs is 2. The molecule has 4 rings (SSSR count). The van der Waals surface area contributed by atoms with Crippen LogP contribution >= 0.6 is 0 Å². The standard InChI is InChI=1S/C22H28O9/c1-10-18-15(28-19(10)25)6-13(9-23)14(27-12(3)24)7-17-21(4,31-17)8-16(18)29-20(26)22(5)11(2)30-22/h6,11,14-18,23H,1,7-9H2,2-5H3/b13-6-/t11?,14?,15-,16?,17-,18+,21-,22?/m1/s1. The first-order valence-electron chi connectivity index (χ1n) is 10.4. The van der Waals surface area contributed by atoms with Gasteiger partial charge in [0.2, 0.25) is 0 Å². The molecule has 0 bridgehead atoms. The van der Waals surface area contributed by atoms with E-state index in [1.165, 1.54) is 6.92 Å². The zero-order chi connectivity index (χ0) is 22.7. The van der Waals surface area contributed by atoms with Crippen LogP contribution in [0.3, 0.4) is 0 Å². The minimum Gasteiger partial charge on any atom is -0.459 e. The van der Waals surface area contributed by atoms with E-state index in [1.807, 2.05) is 6.92 Å². The molecule has 3 fully saturated rings. The lowest BCUT2D eigenvalue weighted by Crippen LogP contribution is -2.41. The zero-order valence-electron chi connectivity index (χ0n) is 18.1. The molecule has 3 heterocycles. The van der Waals surface area contributed by atoms with Crippen LogP contribution in [-0.2, 0) is 38.1 Å². The topological polar surface area (TPSA) is 124 Å². The fourth-order valence-corrected chi connectivity index (χ4v) is 4.53. The monoisotopic (exact) mass is 436 g/mol. The van der Waals surface area contributed by atoms with E-state index in [4.69, 9.17) is 23.7 Å². The van der Waals surface area contributed by atoms with Crippen LogP contribution in [0.25, 0.3) is 0 Å². The first kappa shape index (κ1) is 22.0. The van der Waals surface area contributed by atoms with Gasteiger partial charge in [-0.2, -0.15) is 0 Å². The maximum absolute atomic E-state index is 12.8. The lowest BCUT2D eigenvalue weighted by atomic mass is 9.82. The van der Waals surface area contributed by atoms with Crippen LogP contribution in [0, 0.1) is 5.92 Å². The molecule has 4 aliphatic rings. The van der Waals surface area contributed by atoms with Crippen LogP contribution in [0.1, 0.15) is 40.5 Å². The molecule has 0 amide bonds. The third-order valence-corrected chi connectivity index (χ3v) is 6.82. The molecule has 8 atom stereocenters. The van der Waals surface area contributed by atoms with Gasteiger partial charge < -0.3 is 28.8 Å². The summed E-state index contributed by atoms with van der Waals surface area (Å²) in [5.74, 6) is -2.29. The van der Waals surface area contributed by atoms with E-state index in [2.05, 4.69) is 6.58 Å². The Balaban J connectivity index is 1.70. The zero-order valence-corrected chi connectivity index (χ0v) is 18.1. The summed E-state index contributed by atoms with van der Waals surface area (Å²) < 4.78 is 28.1. The molecular formula is C22H28O9. The van der Waals surface area contributed by atoms with E-state index in [0.29, 0.717) is 18.4 Å². The summed E-state index contributed by atoms with van der Waals surface area (Å²) in [5.41, 5.74) is -1.11. The smallest absolute Gasteiger partial charge is 0.341 e. The van der Waals surface area contributed by atoms with Gasteiger partial charge in [0.25, 0.3) is 0 Å². The predicted octanol–water partition coefficient (Wildman–Crippen LogP) is 0.975. The van der Waals surface area contributed by atoms with E-state index in [1.54, 1.807) is 19.9 Å². The van der Waals surface area contributed by atoms with E-state index in [0.717, 1.165) is 0 Å². The minimum absolute atomic E-state index is 0.177. The second-order valence-electron chi connectivity index (χ2n) is 9.09. The number of epoxide rings is 2. The summed E-state index contributed by atoms with van der Waals surface area (Å²) in [5, 5.41) is 9.96. The van der Waals surface area contributed by atoms with E-state index in [-0.39, 0.29) is 17.8 Å². The Kier molecular flexibility index (Phi) is 5.27. The third kappa shape index (κ3) is 3.90. The highest BCUT2D eigenvalue weighted by Gasteiger charge is 2.61. The average molecular weight is 436 g/mol. The van der Waals surface area contributed by atoms with Gasteiger partial charge in [-0.1, -0.05) is 6.58 Å². The van der Waals surface area contributed by atoms with Crippen molar-refractivity contribution in [3.05, 3.63) is 23.8 Å². The molecule has 0 radical (unpaired) electrons. The van der Waals surface area contributed by atoms with E-state index in [9.17, 15) is 19.5 Å². The summed E-state index contributed by atoms with van der Waals surface area (Å²) in [6.07, 6.45) is -0.635. The molecule has 3 saturated heterocycles. The van der Waals surface area contributed by atoms with Crippen molar-refractivity contribution in [1.82, 2.24) is 0 Å². The molecule has 1 N–H and O–H groups in total. The van der Waals surface area contributed by atoms with Gasteiger partial charge in [-0.3, -0.25) is 4.79 Å². The van der Waals surface area contributed by atoms with Gasteiger partial charge in [-0.15, -0.1) is 0 Å². The first-order chi connectivity index (χ1) is 14.5. The number of carbonyl (C=O) groups excluding carboxylic acids is 3. The van der Waals surface area contributed by atoms with Gasteiger partial charge in [-0.05, 0) is 32.4 Å². The molecule has 31 heavy (non-hydrogen) atoms. The number of rotatable bonds is 4. The van der Waals surface area contributed by atoms with Crippen LogP contribution < -0.4 is 0 Å². The lowest BCUT2D eigenvalue weighted by molar-refractivity contribution is -0.159.